The summed E-state index contributed by atoms with van der Waals surface area (Å²) in [6, 6.07) is 12.7. The predicted octanol–water partition coefficient (Wildman–Crippen LogP) is 10.6. The molecule has 0 radical (unpaired) electrons. The van der Waals surface area contributed by atoms with Crippen molar-refractivity contribution in [2.45, 2.75) is 84.0 Å². The molecule has 5 heteroatoms. The van der Waals surface area contributed by atoms with Crippen LogP contribution in [0.3, 0.4) is 0 Å². The Morgan fingerprint density at radius 2 is 1.21 bits per heavy atom. The summed E-state index contributed by atoms with van der Waals surface area (Å²) in [6.45, 7) is 4.52. The van der Waals surface area contributed by atoms with Gasteiger partial charge in [0, 0.05) is 11.1 Å². The number of benzene rings is 3. The van der Waals surface area contributed by atoms with E-state index in [4.69, 9.17) is 4.74 Å². The molecule has 0 N–H and O–H groups in total. The van der Waals surface area contributed by atoms with Crippen molar-refractivity contribution < 1.29 is 22.3 Å². The minimum absolute atomic E-state index is 0.0511. The van der Waals surface area contributed by atoms with Crippen LogP contribution in [0.5, 0.6) is 5.75 Å². The molecule has 0 atom stereocenters. The highest BCUT2D eigenvalue weighted by atomic mass is 19.2. The highest BCUT2D eigenvalue weighted by molar-refractivity contribution is 5.72. The third kappa shape index (κ3) is 6.42. The third-order valence-electron chi connectivity index (χ3n) is 7.92. The number of hydrogen-bond acceptors (Lipinski definition) is 1. The summed E-state index contributed by atoms with van der Waals surface area (Å²) in [4.78, 5) is 0. The van der Waals surface area contributed by atoms with Gasteiger partial charge in [-0.25, -0.2) is 13.2 Å². The fourth-order valence-electron chi connectivity index (χ4n) is 5.57. The molecule has 4 rings (SSSR count). The average molecular weight is 527 g/mol. The van der Waals surface area contributed by atoms with Gasteiger partial charge in [0.2, 0.25) is 5.82 Å². The van der Waals surface area contributed by atoms with Gasteiger partial charge in [0.15, 0.2) is 23.2 Å². The maximum Gasteiger partial charge on any atom is 0.201 e. The summed E-state index contributed by atoms with van der Waals surface area (Å²) < 4.78 is 65.0. The van der Waals surface area contributed by atoms with Crippen molar-refractivity contribution in [3.05, 3.63) is 77.4 Å². The van der Waals surface area contributed by atoms with Crippen LogP contribution in [-0.4, -0.2) is 6.61 Å². The summed E-state index contributed by atoms with van der Waals surface area (Å²) >= 11 is 0. The molecule has 0 aliphatic heterocycles. The predicted molar refractivity (Wildman–Crippen MR) is 146 cm³/mol. The van der Waals surface area contributed by atoms with Crippen molar-refractivity contribution >= 4 is 0 Å². The molecular weight excluding hydrogens is 488 g/mol. The maximum absolute atomic E-state index is 15.2. The Hall–Kier alpha value is -2.82. The van der Waals surface area contributed by atoms with E-state index in [0.717, 1.165) is 38.5 Å². The van der Waals surface area contributed by atoms with E-state index in [2.05, 4.69) is 6.92 Å². The quantitative estimate of drug-likeness (QED) is 0.178. The molecule has 1 aliphatic rings. The molecule has 3 aromatic carbocycles. The van der Waals surface area contributed by atoms with Gasteiger partial charge in [-0.2, -0.15) is 4.39 Å². The van der Waals surface area contributed by atoms with Crippen LogP contribution < -0.4 is 4.74 Å². The minimum atomic E-state index is -1.03. The second-order valence-corrected chi connectivity index (χ2v) is 10.6. The summed E-state index contributed by atoms with van der Waals surface area (Å²) in [5.41, 5.74) is 1.64. The van der Waals surface area contributed by atoms with Gasteiger partial charge in [-0.15, -0.1) is 0 Å². The monoisotopic (exact) mass is 526 g/mol. The Morgan fingerprint density at radius 1 is 0.632 bits per heavy atom. The van der Waals surface area contributed by atoms with Crippen LogP contribution >= 0.6 is 0 Å². The van der Waals surface area contributed by atoms with Gasteiger partial charge in [-0.1, -0.05) is 82.3 Å². The Balaban J connectivity index is 1.47. The molecule has 3 aromatic rings. The molecular formula is C33H38F4O. The van der Waals surface area contributed by atoms with Crippen LogP contribution in [0.4, 0.5) is 17.6 Å². The number of rotatable bonds is 11. The van der Waals surface area contributed by atoms with E-state index >= 15 is 8.78 Å². The van der Waals surface area contributed by atoms with Gasteiger partial charge in [0.25, 0.3) is 0 Å². The lowest BCUT2D eigenvalue weighted by Gasteiger charge is -2.29. The van der Waals surface area contributed by atoms with Gasteiger partial charge in [0.1, 0.15) is 0 Å². The standard InChI is InChI=1S/C33H38F4O/c1-3-5-7-8-22-9-11-23(12-10-22)26-17-18-27(31(35)30(26)34)24-13-15-25(16-14-24)28-19-20-29(33(37)32(28)36)38-21-6-4-2/h13-20,22-23H,3-12,21H2,1-2H3. The fourth-order valence-corrected chi connectivity index (χ4v) is 5.57. The van der Waals surface area contributed by atoms with Gasteiger partial charge in [0.05, 0.1) is 6.61 Å². The van der Waals surface area contributed by atoms with E-state index < -0.39 is 23.3 Å². The third-order valence-corrected chi connectivity index (χ3v) is 7.92. The van der Waals surface area contributed by atoms with E-state index in [-0.39, 0.29) is 22.8 Å². The number of ether oxygens (including phenoxy) is 1. The van der Waals surface area contributed by atoms with Crippen LogP contribution in [0.15, 0.2) is 48.5 Å². The molecule has 1 aliphatic carbocycles. The molecule has 0 spiro atoms. The zero-order valence-electron chi connectivity index (χ0n) is 22.5. The average Bonchev–Trinajstić information content (AvgIpc) is 2.94. The largest absolute Gasteiger partial charge is 0.490 e. The van der Waals surface area contributed by atoms with Crippen molar-refractivity contribution in [1.82, 2.24) is 0 Å². The van der Waals surface area contributed by atoms with Crippen LogP contribution in [0.2, 0.25) is 0 Å². The highest BCUT2D eigenvalue weighted by Crippen LogP contribution is 2.40. The SMILES string of the molecule is CCCCCC1CCC(c2ccc(-c3ccc(-c4ccc(OCCCC)c(F)c4F)cc3)c(F)c2F)CC1. The topological polar surface area (TPSA) is 9.23 Å². The smallest absolute Gasteiger partial charge is 0.201 e. The summed E-state index contributed by atoms with van der Waals surface area (Å²) in [5.74, 6) is -3.01. The van der Waals surface area contributed by atoms with E-state index in [1.54, 1.807) is 36.4 Å². The van der Waals surface area contributed by atoms with E-state index in [9.17, 15) is 8.78 Å². The van der Waals surface area contributed by atoms with Crippen molar-refractivity contribution in [3.63, 3.8) is 0 Å². The molecule has 0 heterocycles. The van der Waals surface area contributed by atoms with E-state index in [0.29, 0.717) is 29.2 Å². The first-order valence-corrected chi connectivity index (χ1v) is 14.1. The van der Waals surface area contributed by atoms with Gasteiger partial charge < -0.3 is 4.74 Å². The molecule has 1 fully saturated rings. The second kappa shape index (κ2) is 13.3. The molecule has 0 amide bonds. The lowest BCUT2D eigenvalue weighted by atomic mass is 9.76. The molecule has 0 saturated heterocycles. The Labute approximate surface area is 224 Å². The van der Waals surface area contributed by atoms with E-state index in [1.807, 2.05) is 6.92 Å². The van der Waals surface area contributed by atoms with Gasteiger partial charge in [-0.3, -0.25) is 0 Å². The molecule has 1 saturated carbocycles. The molecule has 0 bridgehead atoms. The maximum atomic E-state index is 15.2. The number of halogens is 4. The summed E-state index contributed by atoms with van der Waals surface area (Å²) in [6.07, 6.45) is 10.5. The van der Waals surface area contributed by atoms with Crippen molar-refractivity contribution in [2.24, 2.45) is 5.92 Å². The first kappa shape index (κ1) is 28.2. The molecule has 0 unspecified atom stereocenters. The molecule has 1 nitrogen and oxygen atoms in total. The van der Waals surface area contributed by atoms with Crippen molar-refractivity contribution in [1.29, 1.82) is 0 Å². The lowest BCUT2D eigenvalue weighted by molar-refractivity contribution is 0.289. The van der Waals surface area contributed by atoms with Crippen LogP contribution in [0.25, 0.3) is 22.3 Å². The fraction of sp³-hybridized carbons (Fsp3) is 0.455. The van der Waals surface area contributed by atoms with Crippen LogP contribution in [0, 0.1) is 29.2 Å². The second-order valence-electron chi connectivity index (χ2n) is 10.6. The molecule has 38 heavy (non-hydrogen) atoms. The summed E-state index contributed by atoms with van der Waals surface area (Å²) in [7, 11) is 0. The first-order chi connectivity index (χ1) is 18.4. The van der Waals surface area contributed by atoms with E-state index in [1.165, 1.54) is 37.8 Å². The van der Waals surface area contributed by atoms with Crippen molar-refractivity contribution in [2.75, 3.05) is 6.61 Å². The lowest BCUT2D eigenvalue weighted by Crippen LogP contribution is -2.15. The zero-order chi connectivity index (χ0) is 27.1. The molecule has 0 aromatic heterocycles. The normalized spacial score (nSPS) is 17.5. The number of hydrogen-bond donors (Lipinski definition) is 0. The Kier molecular flexibility index (Phi) is 9.87. The number of unbranched alkanes of at least 4 members (excludes halogenated alkanes) is 3. The molecule has 204 valence electrons. The Morgan fingerprint density at radius 3 is 1.82 bits per heavy atom. The van der Waals surface area contributed by atoms with Crippen LogP contribution in [0.1, 0.15) is 89.5 Å². The van der Waals surface area contributed by atoms with Gasteiger partial charge >= 0.3 is 0 Å². The highest BCUT2D eigenvalue weighted by Gasteiger charge is 2.26. The Bertz CT molecular complexity index is 1200. The minimum Gasteiger partial charge on any atom is -0.490 e. The zero-order valence-corrected chi connectivity index (χ0v) is 22.5. The van der Waals surface area contributed by atoms with Gasteiger partial charge in [-0.05, 0) is 72.8 Å². The van der Waals surface area contributed by atoms with Crippen LogP contribution in [-0.2, 0) is 0 Å². The van der Waals surface area contributed by atoms with Crippen molar-refractivity contribution in [3.8, 4) is 28.0 Å². The first-order valence-electron chi connectivity index (χ1n) is 14.1. The summed E-state index contributed by atoms with van der Waals surface area (Å²) in [5, 5.41) is 0.